The number of hydrogen-bond donors (Lipinski definition) is 0. The van der Waals surface area contributed by atoms with E-state index in [0.29, 0.717) is 0 Å². The van der Waals surface area contributed by atoms with Gasteiger partial charge in [-0.1, -0.05) is 0 Å². The van der Waals surface area contributed by atoms with Gasteiger partial charge in [0, 0.05) is 34.1 Å². The van der Waals surface area contributed by atoms with Crippen molar-refractivity contribution in [1.82, 2.24) is 0 Å². The van der Waals surface area contributed by atoms with Crippen molar-refractivity contribution in [1.29, 1.82) is 0 Å². The van der Waals surface area contributed by atoms with Gasteiger partial charge in [0.05, 0.1) is 0 Å². The average Bonchev–Trinajstić information content (AvgIpc) is 2.17. The van der Waals surface area contributed by atoms with E-state index in [1.54, 1.807) is 0 Å². The molecule has 0 N–H and O–H groups in total. The molecule has 2 heterocycles. The Bertz CT molecular complexity index is 52.6. The first-order valence-corrected chi connectivity index (χ1v) is 2.78. The van der Waals surface area contributed by atoms with Gasteiger partial charge in [-0.15, -0.1) is 0 Å². The van der Waals surface area contributed by atoms with E-state index < -0.39 is 9.05 Å². The Morgan fingerprint density at radius 2 is 1.00 bits per heavy atom. The van der Waals surface area contributed by atoms with Gasteiger partial charge in [0.25, 0.3) is 0 Å². The predicted octanol–water partition coefficient (Wildman–Crippen LogP) is -0.659. The maximum atomic E-state index is 4.20. The summed E-state index contributed by atoms with van der Waals surface area (Å²) < 4.78 is 16.8. The molecule has 0 bridgehead atoms. The van der Waals surface area contributed by atoms with Crippen molar-refractivity contribution in [3.8, 4) is 0 Å². The summed E-state index contributed by atoms with van der Waals surface area (Å²) >= 11 is 0. The van der Waals surface area contributed by atoms with Gasteiger partial charge < -0.3 is 0 Å². The first kappa shape index (κ1) is 8.10. The number of hydrogen-bond acceptors (Lipinski definition) is 4. The molecule has 0 unspecified atom stereocenters. The van der Waals surface area contributed by atoms with Crippen LogP contribution in [0, 0.1) is 0 Å². The summed E-state index contributed by atoms with van der Waals surface area (Å²) in [6.07, 6.45) is 0. The molecule has 0 radical (unpaired) electrons. The fourth-order valence-electron chi connectivity index (χ4n) is 0.124. The standard InChI is InChI=1S/2Fe.O4Si/c;;1-2-5(1)3-4-5. The van der Waals surface area contributed by atoms with Crippen molar-refractivity contribution in [2.75, 3.05) is 0 Å². The normalized spacial score (nSPS) is 27.4. The van der Waals surface area contributed by atoms with Crippen molar-refractivity contribution in [3.63, 3.8) is 0 Å². The van der Waals surface area contributed by atoms with Gasteiger partial charge >= 0.3 is 9.05 Å². The van der Waals surface area contributed by atoms with Crippen LogP contribution < -0.4 is 0 Å². The Labute approximate surface area is 61.7 Å². The molecule has 2 saturated heterocycles. The van der Waals surface area contributed by atoms with E-state index in [1.165, 1.54) is 0 Å². The Kier molecular flexibility index (Phi) is 2.48. The zero-order valence-electron chi connectivity index (χ0n) is 2.84. The molecule has 2 rings (SSSR count). The van der Waals surface area contributed by atoms with Gasteiger partial charge in [0.2, 0.25) is 0 Å². The zero-order chi connectivity index (χ0) is 3.33. The molecular weight excluding hydrogens is 204 g/mol. The molecule has 7 heteroatoms. The Balaban J connectivity index is 0.000000180. The van der Waals surface area contributed by atoms with Crippen LogP contribution in [-0.4, -0.2) is 9.05 Å². The maximum absolute atomic E-state index is 4.20. The van der Waals surface area contributed by atoms with Gasteiger partial charge in [-0.05, 0) is 0 Å². The minimum absolute atomic E-state index is 0. The van der Waals surface area contributed by atoms with Crippen LogP contribution in [0.3, 0.4) is 0 Å². The van der Waals surface area contributed by atoms with Crippen LogP contribution in [0.25, 0.3) is 0 Å². The van der Waals surface area contributed by atoms with Crippen LogP contribution in [0.15, 0.2) is 0 Å². The van der Waals surface area contributed by atoms with E-state index in [-0.39, 0.29) is 34.1 Å². The molecule has 0 amide bonds. The average molecular weight is 204 g/mol. The third-order valence-electron chi connectivity index (χ3n) is 0.439. The van der Waals surface area contributed by atoms with Crippen LogP contribution in [0.1, 0.15) is 0 Å². The Morgan fingerprint density at radius 1 is 0.714 bits per heavy atom. The van der Waals surface area contributed by atoms with Gasteiger partial charge in [0.1, 0.15) is 0 Å². The molecule has 1 spiro atoms. The summed E-state index contributed by atoms with van der Waals surface area (Å²) in [4.78, 5) is 0. The number of rotatable bonds is 0. The maximum Gasteiger partial charge on any atom is 0.789 e. The molecule has 44 valence electrons. The van der Waals surface area contributed by atoms with Gasteiger partial charge in [-0.2, -0.15) is 18.3 Å². The van der Waals surface area contributed by atoms with Gasteiger partial charge in [0.15, 0.2) is 0 Å². The minimum atomic E-state index is -2.11. The first-order chi connectivity index (χ1) is 2.41. The molecule has 7 heavy (non-hydrogen) atoms. The smallest absolute Gasteiger partial charge is 0.197 e. The molecule has 0 aliphatic carbocycles. The van der Waals surface area contributed by atoms with Crippen LogP contribution in [0.5, 0.6) is 0 Å². The predicted molar refractivity (Wildman–Crippen MR) is 10.1 cm³/mol. The van der Waals surface area contributed by atoms with Crippen LogP contribution >= 0.6 is 0 Å². The monoisotopic (exact) mass is 204 g/mol. The molecule has 0 aromatic rings. The van der Waals surface area contributed by atoms with E-state index in [9.17, 15) is 0 Å². The SMILES string of the molecule is O1O[Si]12OO2.[Fe].[Fe]. The second-order valence-electron chi connectivity index (χ2n) is 0.833. The molecule has 4 nitrogen and oxygen atoms in total. The first-order valence-electron chi connectivity index (χ1n) is 1.15. The van der Waals surface area contributed by atoms with Gasteiger partial charge in [-0.25, -0.2) is 0 Å². The third kappa shape index (κ3) is 1.50. The molecule has 2 fully saturated rings. The van der Waals surface area contributed by atoms with Crippen molar-refractivity contribution < 1.29 is 52.4 Å². The summed E-state index contributed by atoms with van der Waals surface area (Å²) in [6, 6.07) is 0. The van der Waals surface area contributed by atoms with Crippen LogP contribution in [0.2, 0.25) is 0 Å². The van der Waals surface area contributed by atoms with Crippen molar-refractivity contribution in [2.24, 2.45) is 0 Å². The fraction of sp³-hybridized carbons (Fsp3) is 0. The van der Waals surface area contributed by atoms with E-state index in [1.807, 2.05) is 0 Å². The van der Waals surface area contributed by atoms with E-state index in [4.69, 9.17) is 0 Å². The molecule has 0 saturated carbocycles. The minimum Gasteiger partial charge on any atom is -0.197 e. The summed E-state index contributed by atoms with van der Waals surface area (Å²) in [5.41, 5.74) is 0. The second-order valence-corrected chi connectivity index (χ2v) is 2.50. The molecule has 0 aromatic carbocycles. The largest absolute Gasteiger partial charge is 0.789 e. The fourth-order valence-corrected chi connectivity index (χ4v) is 0.779. The van der Waals surface area contributed by atoms with E-state index in [0.717, 1.165) is 0 Å². The second kappa shape index (κ2) is 2.14. The van der Waals surface area contributed by atoms with E-state index in [2.05, 4.69) is 18.3 Å². The molecule has 2 aliphatic heterocycles. The van der Waals surface area contributed by atoms with Crippen LogP contribution in [0.4, 0.5) is 0 Å². The summed E-state index contributed by atoms with van der Waals surface area (Å²) in [7, 11) is -2.11. The van der Waals surface area contributed by atoms with Crippen molar-refractivity contribution in [3.05, 3.63) is 0 Å². The molecule has 0 aromatic heterocycles. The Morgan fingerprint density at radius 3 is 1.00 bits per heavy atom. The summed E-state index contributed by atoms with van der Waals surface area (Å²) in [5, 5.41) is 0. The van der Waals surface area contributed by atoms with Crippen molar-refractivity contribution >= 4 is 9.05 Å². The quantitative estimate of drug-likeness (QED) is 0.298. The van der Waals surface area contributed by atoms with Crippen LogP contribution in [-0.2, 0) is 52.4 Å². The molecule has 0 atom stereocenters. The summed E-state index contributed by atoms with van der Waals surface area (Å²) in [6.45, 7) is 0. The third-order valence-corrected chi connectivity index (χ3v) is 1.32. The van der Waals surface area contributed by atoms with Crippen molar-refractivity contribution in [2.45, 2.75) is 0 Å². The molecular formula is Fe2O4Si. The van der Waals surface area contributed by atoms with E-state index >= 15 is 0 Å². The zero-order valence-corrected chi connectivity index (χ0v) is 6.05. The van der Waals surface area contributed by atoms with Gasteiger partial charge in [-0.3, -0.25) is 0 Å². The Hall–Kier alpha value is 1.10. The topological polar surface area (TPSA) is 50.1 Å². The molecule has 2 aliphatic rings. The summed E-state index contributed by atoms with van der Waals surface area (Å²) in [5.74, 6) is 0.